The molecule has 4 aromatic carbocycles. The molecule has 6 aromatic heterocycles. The molecule has 10 heterocycles. The third-order valence-electron chi connectivity index (χ3n) is 22.1. The van der Waals surface area contributed by atoms with Crippen molar-refractivity contribution in [3.63, 3.8) is 0 Å². The number of esters is 4. The maximum absolute atomic E-state index is 14.1. The Hall–Kier alpha value is -10.7. The number of carbonyl (C=O) groups is 4. The van der Waals surface area contributed by atoms with Gasteiger partial charge in [0.2, 0.25) is 5.95 Å². The van der Waals surface area contributed by atoms with Crippen LogP contribution in [0.5, 0.6) is 23.0 Å². The number of benzene rings is 4. The summed E-state index contributed by atoms with van der Waals surface area (Å²) in [6, 6.07) is 30.8. The van der Waals surface area contributed by atoms with Crippen LogP contribution < -0.4 is 78.1 Å². The molecule has 51 nitrogen and oxygen atoms in total. The maximum atomic E-state index is 14.1. The highest BCUT2D eigenvalue weighted by Crippen LogP contribution is 2.60. The number of halogens is 4. The van der Waals surface area contributed by atoms with Gasteiger partial charge in [0.05, 0.1) is 63.5 Å². The minimum atomic E-state index is -4.38. The molecule has 0 amide bonds. The molecule has 814 valence electrons. The van der Waals surface area contributed by atoms with Crippen LogP contribution in [0.1, 0.15) is 136 Å². The fourth-order valence-corrected chi connectivity index (χ4v) is 24.1. The minimum Gasteiger partial charge on any atom is -0.462 e. The Morgan fingerprint density at radius 3 is 1.00 bits per heavy atom. The highest BCUT2D eigenvalue weighted by atomic mass is 35.5. The molecular weight excluding hydrogens is 2120 g/mol. The summed E-state index contributed by atoms with van der Waals surface area (Å²) < 4.78 is 152. The van der Waals surface area contributed by atoms with Gasteiger partial charge < -0.3 is 93.6 Å². The van der Waals surface area contributed by atoms with Crippen molar-refractivity contribution in [1.29, 1.82) is 0 Å². The largest absolute Gasteiger partial charge is 0.462 e. The Bertz CT molecular complexity index is 6710. The van der Waals surface area contributed by atoms with Gasteiger partial charge in [0.25, 0.3) is 11.1 Å². The van der Waals surface area contributed by atoms with Gasteiger partial charge in [-0.2, -0.15) is 30.3 Å². The van der Waals surface area contributed by atoms with Crippen LogP contribution in [0.25, 0.3) is 22.3 Å². The molecule has 4 fully saturated rings. The van der Waals surface area contributed by atoms with Crippen molar-refractivity contribution in [2.75, 3.05) is 43.6 Å². The molecule has 4 saturated heterocycles. The summed E-state index contributed by atoms with van der Waals surface area (Å²) in [5.74, 6) is -1.94. The van der Waals surface area contributed by atoms with Crippen LogP contribution in [-0.2, 0) is 93.4 Å². The van der Waals surface area contributed by atoms with E-state index < -0.39 is 240 Å². The fraction of sp³-hybridized carbons (Fsp3) is 0.489. The second-order valence-corrected chi connectivity index (χ2v) is 45.8. The quantitative estimate of drug-likeness (QED) is 0.00736. The Kier molecular flexibility index (Phi) is 39.9. The third kappa shape index (κ3) is 29.6. The number of imidazole rings is 2. The van der Waals surface area contributed by atoms with Gasteiger partial charge >= 0.3 is 66.2 Å². The first-order valence-electron chi connectivity index (χ1n) is 46.2. The van der Waals surface area contributed by atoms with E-state index in [1.54, 1.807) is 172 Å². The number of ether oxygens (including phenoxy) is 8. The van der Waals surface area contributed by atoms with Crippen molar-refractivity contribution < 1.29 is 132 Å². The first-order chi connectivity index (χ1) is 70.0. The van der Waals surface area contributed by atoms with Gasteiger partial charge in [0.15, 0.2) is 47.5 Å². The number of nitrogens with one attached hydrogen (secondary N) is 6. The number of rotatable bonds is 40. The number of aromatic nitrogens is 12. The molecule has 0 saturated carbocycles. The molecular formula is C90H119Cl4N19O32P4. The average molecular weight is 2240 g/mol. The Morgan fingerprint density at radius 2 is 0.698 bits per heavy atom. The lowest BCUT2D eigenvalue weighted by atomic mass is 10.0. The van der Waals surface area contributed by atoms with Gasteiger partial charge in [-0.05, 0) is 165 Å². The van der Waals surface area contributed by atoms with E-state index in [9.17, 15) is 77.0 Å². The van der Waals surface area contributed by atoms with Gasteiger partial charge in [-0.3, -0.25) is 75.1 Å². The number of nitrogens with two attached hydrogens (primary N) is 3. The van der Waals surface area contributed by atoms with E-state index in [0.29, 0.717) is 11.2 Å². The van der Waals surface area contributed by atoms with E-state index in [2.05, 4.69) is 60.2 Å². The minimum absolute atomic E-state index is 0.00395. The van der Waals surface area contributed by atoms with E-state index in [0.717, 1.165) is 15.2 Å². The number of nitrogen functional groups attached to an aromatic ring is 3. The molecule has 4 aliphatic rings. The lowest BCUT2D eigenvalue weighted by Crippen LogP contribution is -2.45. The van der Waals surface area contributed by atoms with Gasteiger partial charge in [-0.1, -0.05) is 72.8 Å². The monoisotopic (exact) mass is 2240 g/mol. The number of aliphatic hydroxyl groups excluding tert-OH is 4. The van der Waals surface area contributed by atoms with Crippen molar-refractivity contribution in [3.8, 4) is 23.0 Å². The van der Waals surface area contributed by atoms with Gasteiger partial charge in [0, 0.05) is 18.5 Å². The van der Waals surface area contributed by atoms with E-state index in [1.807, 2.05) is 0 Å². The second-order valence-electron chi connectivity index (χ2n) is 35.9. The number of fused-ring (bicyclic) bond motifs is 2. The van der Waals surface area contributed by atoms with E-state index >= 15 is 0 Å². The zero-order chi connectivity index (χ0) is 110. The number of aliphatic hydroxyl groups is 4. The SMILES string of the molecule is CC(C)OC(=O)[C@@H](C)NP(=O)(Oc1ccccc1)O[C@@H]1[C@@H](CO)O[C@@H](n2ccc(=O)[nH]c2=O)[C@]1(C)Cl.CC(C)OC(=O)[C@@H](C)NP(=O)(Oc1ccccc1)O[C@@H]1[C@@H](CO)O[C@@H](n2ccc(N)nc2=O)[C@]1(C)Cl.CC(C)OC(=O)[C@@H](C)NP(=O)(Oc1ccccc1)O[C@@H]1[C@@H](CO)O[C@@H](n2cnc3c(=O)[nH]c(N)nc32)[C@]1(C)Cl.CC(C)OC(=O)[C@@H](C)NP(=O)(Oc1ccccc1)O[C@@H]1[C@@H](CO)O[C@@H](n2cnc3c(N)ncnc32)[C@]1(C)Cl. The van der Waals surface area contributed by atoms with E-state index in [4.69, 9.17) is 138 Å². The normalized spacial score (nSPS) is 26.0. The zero-order valence-electron chi connectivity index (χ0n) is 83.2. The summed E-state index contributed by atoms with van der Waals surface area (Å²) in [6.07, 6.45) is -9.00. The third-order valence-corrected chi connectivity index (χ3v) is 30.4. The number of para-hydroxylation sites is 4. The number of hydrogen-bond donors (Lipinski definition) is 13. The maximum Gasteiger partial charge on any atom is 0.459 e. The Balaban J connectivity index is 0.000000189. The lowest BCUT2D eigenvalue weighted by molar-refractivity contribution is -0.150. The van der Waals surface area contributed by atoms with Crippen molar-refractivity contribution in [2.24, 2.45) is 0 Å². The molecule has 4 unspecified atom stereocenters. The van der Waals surface area contributed by atoms with Crippen LogP contribution in [0.2, 0.25) is 0 Å². The summed E-state index contributed by atoms with van der Waals surface area (Å²) in [5, 5.41) is 50.6. The first kappa shape index (κ1) is 119. The molecule has 4 aliphatic heterocycles. The smallest absolute Gasteiger partial charge is 0.459 e. The molecule has 14 rings (SSSR count). The van der Waals surface area contributed by atoms with E-state index in [-0.39, 0.29) is 57.8 Å². The zero-order valence-corrected chi connectivity index (χ0v) is 89.8. The predicted molar refractivity (Wildman–Crippen MR) is 541 cm³/mol. The van der Waals surface area contributed by atoms with Crippen molar-refractivity contribution in [2.45, 2.75) is 253 Å². The van der Waals surface area contributed by atoms with Crippen molar-refractivity contribution in [1.82, 2.24) is 78.5 Å². The van der Waals surface area contributed by atoms with Crippen LogP contribution in [0.15, 0.2) is 184 Å². The molecule has 0 radical (unpaired) electrons. The van der Waals surface area contributed by atoms with Crippen LogP contribution in [0.4, 0.5) is 17.6 Å². The van der Waals surface area contributed by atoms with Crippen LogP contribution in [0.3, 0.4) is 0 Å². The highest BCUT2D eigenvalue weighted by Gasteiger charge is 2.63. The molecule has 59 heteroatoms. The summed E-state index contributed by atoms with van der Waals surface area (Å²) in [5.41, 5.74) is 15.2. The molecule has 16 N–H and O–H groups in total. The van der Waals surface area contributed by atoms with Gasteiger partial charge in [-0.15, -0.1) is 46.4 Å². The summed E-state index contributed by atoms with van der Waals surface area (Å²) in [6.45, 7) is 23.0. The number of nitrogens with zero attached hydrogens (tertiary/aromatic N) is 10. The molecule has 0 aliphatic carbocycles. The second kappa shape index (κ2) is 50.2. The van der Waals surface area contributed by atoms with Crippen LogP contribution in [-0.4, -0.2) is 246 Å². The molecule has 10 aromatic rings. The average Bonchev–Trinajstić information content (AvgIpc) is 1.66. The summed E-state index contributed by atoms with van der Waals surface area (Å²) in [4.78, 5) is 121. The van der Waals surface area contributed by atoms with Crippen LogP contribution in [0, 0.1) is 0 Å². The number of hydrogen-bond acceptors (Lipinski definition) is 41. The number of alkyl halides is 4. The lowest BCUT2D eigenvalue weighted by Gasteiger charge is -2.32. The first-order valence-corrected chi connectivity index (χ1v) is 53.9. The van der Waals surface area contributed by atoms with Gasteiger partial charge in [-0.25, -0.2) is 47.8 Å². The highest BCUT2D eigenvalue weighted by molar-refractivity contribution is 7.53. The number of aromatic amines is 2. The molecule has 0 spiro atoms. The number of H-pyrrole nitrogens is 2. The summed E-state index contributed by atoms with van der Waals surface area (Å²) >= 11 is 27.6. The molecule has 149 heavy (non-hydrogen) atoms. The van der Waals surface area contributed by atoms with Crippen LogP contribution >= 0.6 is 77.4 Å². The van der Waals surface area contributed by atoms with E-state index in [1.165, 1.54) is 107 Å². The summed E-state index contributed by atoms with van der Waals surface area (Å²) in [7, 11) is -17.5. The Labute approximate surface area is 872 Å². The van der Waals surface area contributed by atoms with Crippen molar-refractivity contribution >= 4 is 141 Å². The standard InChI is InChI=1S/C23H30ClN6O8P.C23H30ClN6O7P.C22H30ClN4O8P.C22H29ClN3O9P/c1-12(2)35-20(33)13(3)29-39(34,37-14-8-6-5-7-9-14)38-17-15(10-31)36-21(23(17,4)24)30-11-26-16-18(30)27-22(25)28-19(16)32;1-13(2)34-21(32)14(3)29-38(33,36-15-8-6-5-7-9-15)37-18-16(10-31)35-22(23(18,4)24)30-12-28-17-19(25)26-11-27-20(17)30;1-13(2)32-19(29)14(3)26-36(31,34-15-8-6-5-7-9-15)35-18-16(12-28)33-20(22(18,4)23)27-11-10-17(24)25-21(27)30;1-13(2)32-19(29)14(3)25-36(31,34-15-8-6-5-7-9-15)35-18-16(12-27)33-20(22(18,4)23)26-11-10-17(28)24-21(26)30/h5-9,11-13,15,17,21,31H,10H2,1-4H3,(H,29,34)(H3,25,27,28,32);5-9,11-14,16,18,22,31H,10H2,1-4H3,(H,29,33)(H2,25,26,27);5-11,13-14,16,18,20,28H,12H2,1-4H3,(H,26,31)(H2,24,25,30);5-11,13-14,16,18,20,27H,12H2,1-4H3,(H,25,31)(H,24,28,30)/t13-,15-,17-,21-,23-,39?;14-,16-,18-,22-,23-,38?;2*14-,16-,18-,20-,22-,36?/m1111/s1. The molecule has 0 bridgehead atoms. The molecule has 24 atom stereocenters. The Morgan fingerprint density at radius 1 is 0.403 bits per heavy atom. The fourth-order valence-electron chi connectivity index (χ4n) is 15.3. The number of anilines is 3. The number of carbonyl (C=O) groups excluding carboxylic acids is 4. The van der Waals surface area contributed by atoms with Gasteiger partial charge in [0.1, 0.15) is 133 Å². The topological polar surface area (TPSA) is 688 Å². The predicted octanol–water partition coefficient (Wildman–Crippen LogP) is 9.03. The van der Waals surface area contributed by atoms with Crippen molar-refractivity contribution in [3.05, 3.63) is 207 Å².